The molecule has 2 aromatic rings. The van der Waals surface area contributed by atoms with Crippen LogP contribution in [0.15, 0.2) is 30.5 Å². The van der Waals surface area contributed by atoms with Crippen molar-refractivity contribution >= 4 is 16.8 Å². The van der Waals surface area contributed by atoms with E-state index in [2.05, 4.69) is 31.8 Å². The molecular weight excluding hydrogens is 236 g/mol. The Bertz CT molecular complexity index is 578. The highest BCUT2D eigenvalue weighted by Crippen LogP contribution is 2.20. The quantitative estimate of drug-likeness (QED) is 0.901. The largest absolute Gasteiger partial charge is 0.361 e. The van der Waals surface area contributed by atoms with Crippen LogP contribution < -0.4 is 0 Å². The van der Waals surface area contributed by atoms with Crippen LogP contribution in [0, 0.1) is 5.41 Å². The number of carbonyl (C=O) groups excluding carboxylic acids is 1. The molecule has 1 amide bonds. The van der Waals surface area contributed by atoms with Gasteiger partial charge >= 0.3 is 0 Å². The number of para-hydroxylation sites is 1. The monoisotopic (exact) mass is 258 g/mol. The molecule has 0 atom stereocenters. The number of likely N-dealkylation sites (N-methyl/N-ethyl adjacent to an activating group) is 1. The number of nitrogens with one attached hydrogen (secondary N) is 1. The van der Waals surface area contributed by atoms with Crippen molar-refractivity contribution in [1.29, 1.82) is 0 Å². The number of carbonyl (C=O) groups is 1. The summed E-state index contributed by atoms with van der Waals surface area (Å²) >= 11 is 0. The molecule has 1 aromatic heterocycles. The van der Waals surface area contributed by atoms with Gasteiger partial charge in [-0.3, -0.25) is 4.79 Å². The van der Waals surface area contributed by atoms with Gasteiger partial charge in [-0.2, -0.15) is 0 Å². The van der Waals surface area contributed by atoms with E-state index in [0.29, 0.717) is 6.42 Å². The molecule has 0 radical (unpaired) electrons. The summed E-state index contributed by atoms with van der Waals surface area (Å²) in [5.74, 6) is 0.166. The molecule has 0 saturated heterocycles. The third-order valence-electron chi connectivity index (χ3n) is 3.15. The highest BCUT2D eigenvalue weighted by Gasteiger charge is 2.18. The first-order valence-corrected chi connectivity index (χ1v) is 6.66. The Morgan fingerprint density at radius 3 is 2.63 bits per heavy atom. The van der Waals surface area contributed by atoms with Crippen LogP contribution in [0.2, 0.25) is 0 Å². The number of rotatable bonds is 3. The van der Waals surface area contributed by atoms with E-state index in [4.69, 9.17) is 0 Å². The molecule has 0 aliphatic heterocycles. The molecule has 0 unspecified atom stereocenters. The van der Waals surface area contributed by atoms with Crippen molar-refractivity contribution in [3.8, 4) is 0 Å². The number of aromatic nitrogens is 1. The van der Waals surface area contributed by atoms with Crippen molar-refractivity contribution < 1.29 is 4.79 Å². The molecular formula is C16H22N2O. The minimum absolute atomic E-state index is 0.130. The van der Waals surface area contributed by atoms with Gasteiger partial charge in [0.05, 0.1) is 6.42 Å². The summed E-state index contributed by atoms with van der Waals surface area (Å²) in [4.78, 5) is 17.3. The molecule has 1 aromatic carbocycles. The summed E-state index contributed by atoms with van der Waals surface area (Å²) in [5.41, 5.74) is 2.29. The van der Waals surface area contributed by atoms with Crippen LogP contribution >= 0.6 is 0 Å². The zero-order valence-corrected chi connectivity index (χ0v) is 12.2. The highest BCUT2D eigenvalue weighted by atomic mass is 16.2. The smallest absolute Gasteiger partial charge is 0.226 e. The molecule has 0 aliphatic carbocycles. The zero-order chi connectivity index (χ0) is 14.0. The maximum absolute atomic E-state index is 12.2. The number of benzene rings is 1. The molecule has 1 heterocycles. The second-order valence-corrected chi connectivity index (χ2v) is 6.35. The first kappa shape index (κ1) is 13.7. The summed E-state index contributed by atoms with van der Waals surface area (Å²) in [6.07, 6.45) is 2.39. The predicted molar refractivity (Wildman–Crippen MR) is 79.1 cm³/mol. The van der Waals surface area contributed by atoms with Crippen LogP contribution in [-0.2, 0) is 11.2 Å². The second kappa shape index (κ2) is 5.08. The topological polar surface area (TPSA) is 36.1 Å². The maximum atomic E-state index is 12.2. The normalized spacial score (nSPS) is 11.8. The molecule has 3 nitrogen and oxygen atoms in total. The summed E-state index contributed by atoms with van der Waals surface area (Å²) < 4.78 is 0. The highest BCUT2D eigenvalue weighted by molar-refractivity contribution is 5.88. The fourth-order valence-electron chi connectivity index (χ4n) is 2.38. The fourth-order valence-corrected chi connectivity index (χ4v) is 2.38. The van der Waals surface area contributed by atoms with Gasteiger partial charge in [0.1, 0.15) is 0 Å². The van der Waals surface area contributed by atoms with Crippen molar-refractivity contribution in [2.24, 2.45) is 5.41 Å². The lowest BCUT2D eigenvalue weighted by atomic mass is 9.96. The number of aromatic amines is 1. The molecule has 0 bridgehead atoms. The van der Waals surface area contributed by atoms with Crippen LogP contribution in [0.5, 0.6) is 0 Å². The van der Waals surface area contributed by atoms with E-state index in [1.165, 1.54) is 0 Å². The maximum Gasteiger partial charge on any atom is 0.226 e. The molecule has 2 rings (SSSR count). The van der Waals surface area contributed by atoms with Crippen molar-refractivity contribution in [2.75, 3.05) is 13.6 Å². The van der Waals surface area contributed by atoms with E-state index < -0.39 is 0 Å². The first-order chi connectivity index (χ1) is 8.87. The number of amides is 1. The Hall–Kier alpha value is -1.77. The van der Waals surface area contributed by atoms with Crippen LogP contribution in [0.3, 0.4) is 0 Å². The summed E-state index contributed by atoms with van der Waals surface area (Å²) in [6.45, 7) is 7.20. The summed E-state index contributed by atoms with van der Waals surface area (Å²) in [6, 6.07) is 8.08. The number of H-pyrrole nitrogens is 1. The average Bonchev–Trinajstić information content (AvgIpc) is 2.70. The van der Waals surface area contributed by atoms with E-state index >= 15 is 0 Å². The van der Waals surface area contributed by atoms with Crippen LogP contribution in [0.1, 0.15) is 26.3 Å². The van der Waals surface area contributed by atoms with Gasteiger partial charge in [0.15, 0.2) is 0 Å². The SMILES string of the molecule is CN(CC(C)(C)C)C(=O)Cc1c[nH]c2ccccc12. The summed E-state index contributed by atoms with van der Waals surface area (Å²) in [5, 5.41) is 1.14. The lowest BCUT2D eigenvalue weighted by Crippen LogP contribution is -2.35. The van der Waals surface area contributed by atoms with Gasteiger partial charge in [-0.15, -0.1) is 0 Å². The lowest BCUT2D eigenvalue weighted by molar-refractivity contribution is -0.130. The molecule has 0 fully saturated rings. The number of fused-ring (bicyclic) bond motifs is 1. The van der Waals surface area contributed by atoms with Gasteiger partial charge in [-0.1, -0.05) is 39.0 Å². The van der Waals surface area contributed by atoms with Gasteiger partial charge in [-0.25, -0.2) is 0 Å². The van der Waals surface area contributed by atoms with Gasteiger partial charge in [0, 0.05) is 30.7 Å². The van der Waals surface area contributed by atoms with Crippen LogP contribution in [-0.4, -0.2) is 29.4 Å². The predicted octanol–water partition coefficient (Wildman–Crippen LogP) is 3.21. The molecule has 102 valence electrons. The number of nitrogens with zero attached hydrogens (tertiary/aromatic N) is 1. The molecule has 0 saturated carbocycles. The lowest BCUT2D eigenvalue weighted by Gasteiger charge is -2.26. The summed E-state index contributed by atoms with van der Waals surface area (Å²) in [7, 11) is 1.88. The number of hydrogen-bond acceptors (Lipinski definition) is 1. The van der Waals surface area contributed by atoms with Gasteiger partial charge in [-0.05, 0) is 17.0 Å². The van der Waals surface area contributed by atoms with E-state index in [1.54, 1.807) is 0 Å². The van der Waals surface area contributed by atoms with E-state index in [1.807, 2.05) is 36.3 Å². The average molecular weight is 258 g/mol. The van der Waals surface area contributed by atoms with E-state index in [-0.39, 0.29) is 11.3 Å². The Morgan fingerprint density at radius 2 is 1.95 bits per heavy atom. The molecule has 1 N–H and O–H groups in total. The van der Waals surface area contributed by atoms with Crippen molar-refractivity contribution in [3.05, 3.63) is 36.0 Å². The minimum Gasteiger partial charge on any atom is -0.361 e. The third-order valence-corrected chi connectivity index (χ3v) is 3.15. The second-order valence-electron chi connectivity index (χ2n) is 6.35. The Morgan fingerprint density at radius 1 is 1.26 bits per heavy atom. The van der Waals surface area contributed by atoms with Gasteiger partial charge < -0.3 is 9.88 Å². The standard InChI is InChI=1S/C16H22N2O/c1-16(2,3)11-18(4)15(19)9-12-10-17-14-8-6-5-7-13(12)14/h5-8,10,17H,9,11H2,1-4H3. The van der Waals surface area contributed by atoms with Crippen molar-refractivity contribution in [3.63, 3.8) is 0 Å². The van der Waals surface area contributed by atoms with E-state index in [9.17, 15) is 4.79 Å². The Kier molecular flexibility index (Phi) is 3.65. The minimum atomic E-state index is 0.130. The Balaban J connectivity index is 2.11. The molecule has 0 aliphatic rings. The van der Waals surface area contributed by atoms with Crippen LogP contribution in [0.4, 0.5) is 0 Å². The van der Waals surface area contributed by atoms with E-state index in [0.717, 1.165) is 23.0 Å². The van der Waals surface area contributed by atoms with Crippen molar-refractivity contribution in [2.45, 2.75) is 27.2 Å². The molecule has 0 spiro atoms. The number of hydrogen-bond donors (Lipinski definition) is 1. The Labute approximate surface area is 114 Å². The fraction of sp³-hybridized carbons (Fsp3) is 0.438. The molecule has 19 heavy (non-hydrogen) atoms. The van der Waals surface area contributed by atoms with Crippen molar-refractivity contribution in [1.82, 2.24) is 9.88 Å². The third kappa shape index (κ3) is 3.37. The van der Waals surface area contributed by atoms with Gasteiger partial charge in [0.25, 0.3) is 0 Å². The molecule has 3 heteroatoms. The van der Waals surface area contributed by atoms with Gasteiger partial charge in [0.2, 0.25) is 5.91 Å². The zero-order valence-electron chi connectivity index (χ0n) is 12.2. The first-order valence-electron chi connectivity index (χ1n) is 6.66. The van der Waals surface area contributed by atoms with Crippen LogP contribution in [0.25, 0.3) is 10.9 Å².